The van der Waals surface area contributed by atoms with Gasteiger partial charge in [-0.15, -0.1) is 0 Å². The van der Waals surface area contributed by atoms with Gasteiger partial charge < -0.3 is 15.4 Å². The molecule has 1 amide bonds. The highest BCUT2D eigenvalue weighted by molar-refractivity contribution is 5.77. The maximum absolute atomic E-state index is 12.0. The van der Waals surface area contributed by atoms with Crippen LogP contribution < -0.4 is 5.73 Å². The minimum atomic E-state index is -0.428. The largest absolute Gasteiger partial charge is 0.379 e. The average molecular weight is 228 g/mol. The lowest BCUT2D eigenvalue weighted by molar-refractivity contribution is -0.137. The maximum atomic E-state index is 12.0. The normalized spacial score (nSPS) is 26.9. The molecular formula is C12H24N2O2. The summed E-state index contributed by atoms with van der Waals surface area (Å²) in [6.07, 6.45) is 1.58. The van der Waals surface area contributed by atoms with Gasteiger partial charge in [-0.25, -0.2) is 0 Å². The minimum Gasteiger partial charge on any atom is -0.379 e. The fourth-order valence-electron chi connectivity index (χ4n) is 2.07. The number of methoxy groups -OCH3 is 1. The molecule has 1 aliphatic rings. The molecule has 0 radical (unpaired) electrons. The number of rotatable bonds is 3. The van der Waals surface area contributed by atoms with Crippen molar-refractivity contribution < 1.29 is 9.53 Å². The molecule has 0 spiro atoms. The molecule has 0 aromatic rings. The van der Waals surface area contributed by atoms with Crippen molar-refractivity contribution in [3.63, 3.8) is 0 Å². The number of nitrogens with zero attached hydrogens (tertiary/aromatic N) is 1. The Morgan fingerprint density at radius 1 is 1.56 bits per heavy atom. The number of likely N-dealkylation sites (tertiary alicyclic amines) is 1. The van der Waals surface area contributed by atoms with Crippen molar-refractivity contribution in [2.75, 3.05) is 20.2 Å². The van der Waals surface area contributed by atoms with Gasteiger partial charge in [-0.05, 0) is 26.2 Å². The Morgan fingerprint density at radius 3 is 2.69 bits per heavy atom. The summed E-state index contributed by atoms with van der Waals surface area (Å²) in [5.41, 5.74) is 5.43. The Balaban J connectivity index is 2.52. The SMILES string of the molecule is COC1CN(C(=O)CC(C)(C)N)CCC1C. The standard InChI is InChI=1S/C12H24N2O2/c1-9-5-6-14(8-10(9)16-4)11(15)7-12(2,3)13/h9-10H,5-8,13H2,1-4H3. The van der Waals surface area contributed by atoms with Crippen molar-refractivity contribution in [2.24, 2.45) is 11.7 Å². The summed E-state index contributed by atoms with van der Waals surface area (Å²) in [5, 5.41) is 0. The fraction of sp³-hybridized carbons (Fsp3) is 0.917. The van der Waals surface area contributed by atoms with Crippen LogP contribution in [0.3, 0.4) is 0 Å². The van der Waals surface area contributed by atoms with E-state index in [1.165, 1.54) is 0 Å². The number of carbonyl (C=O) groups is 1. The quantitative estimate of drug-likeness (QED) is 0.784. The number of amides is 1. The third kappa shape index (κ3) is 3.76. The highest BCUT2D eigenvalue weighted by Crippen LogP contribution is 2.20. The predicted octanol–water partition coefficient (Wildman–Crippen LogP) is 0.997. The van der Waals surface area contributed by atoms with E-state index in [2.05, 4.69) is 6.92 Å². The molecule has 0 bridgehead atoms. The summed E-state index contributed by atoms with van der Waals surface area (Å²) in [6, 6.07) is 0. The Bertz CT molecular complexity index is 248. The molecule has 0 aliphatic carbocycles. The van der Waals surface area contributed by atoms with Crippen molar-refractivity contribution in [3.05, 3.63) is 0 Å². The molecule has 1 rings (SSSR count). The molecule has 2 atom stereocenters. The van der Waals surface area contributed by atoms with Crippen LogP contribution in [0.15, 0.2) is 0 Å². The average Bonchev–Trinajstić information content (AvgIpc) is 2.15. The number of hydrogen-bond acceptors (Lipinski definition) is 3. The second-order valence-electron chi connectivity index (χ2n) is 5.55. The third-order valence-corrected chi connectivity index (χ3v) is 3.15. The first kappa shape index (κ1) is 13.5. The molecule has 4 nitrogen and oxygen atoms in total. The molecule has 1 aliphatic heterocycles. The van der Waals surface area contributed by atoms with Crippen LogP contribution in [0.25, 0.3) is 0 Å². The van der Waals surface area contributed by atoms with Crippen molar-refractivity contribution in [1.82, 2.24) is 4.90 Å². The fourth-order valence-corrected chi connectivity index (χ4v) is 2.07. The lowest BCUT2D eigenvalue weighted by atomic mass is 9.94. The Labute approximate surface area is 98.1 Å². The summed E-state index contributed by atoms with van der Waals surface area (Å²) >= 11 is 0. The van der Waals surface area contributed by atoms with Gasteiger partial charge in [0.05, 0.1) is 6.10 Å². The van der Waals surface area contributed by atoms with Crippen LogP contribution in [-0.4, -0.2) is 42.6 Å². The molecule has 1 heterocycles. The molecule has 0 saturated carbocycles. The zero-order valence-corrected chi connectivity index (χ0v) is 10.8. The summed E-state index contributed by atoms with van der Waals surface area (Å²) < 4.78 is 5.39. The first-order valence-electron chi connectivity index (χ1n) is 5.93. The number of ether oxygens (including phenoxy) is 1. The molecule has 4 heteroatoms. The summed E-state index contributed by atoms with van der Waals surface area (Å²) in [7, 11) is 1.71. The van der Waals surface area contributed by atoms with Gasteiger partial charge in [0.2, 0.25) is 5.91 Å². The van der Waals surface area contributed by atoms with Crippen molar-refractivity contribution in [1.29, 1.82) is 0 Å². The molecule has 0 aromatic heterocycles. The van der Waals surface area contributed by atoms with Crippen LogP contribution in [0.5, 0.6) is 0 Å². The van der Waals surface area contributed by atoms with E-state index in [9.17, 15) is 4.79 Å². The van der Waals surface area contributed by atoms with Gasteiger partial charge in [0.1, 0.15) is 0 Å². The van der Waals surface area contributed by atoms with Crippen molar-refractivity contribution in [2.45, 2.75) is 45.3 Å². The van der Waals surface area contributed by atoms with Crippen molar-refractivity contribution >= 4 is 5.91 Å². The number of piperidine rings is 1. The Kier molecular flexibility index (Phi) is 4.33. The minimum absolute atomic E-state index is 0.140. The van der Waals surface area contributed by atoms with Crippen LogP contribution in [0.2, 0.25) is 0 Å². The van der Waals surface area contributed by atoms with Crippen LogP contribution in [-0.2, 0) is 9.53 Å². The van der Waals surface area contributed by atoms with Gasteiger partial charge in [-0.2, -0.15) is 0 Å². The lowest BCUT2D eigenvalue weighted by Gasteiger charge is -2.37. The summed E-state index contributed by atoms with van der Waals surface area (Å²) in [6.45, 7) is 7.46. The first-order chi connectivity index (χ1) is 7.33. The van der Waals surface area contributed by atoms with E-state index < -0.39 is 5.54 Å². The highest BCUT2D eigenvalue weighted by Gasteiger charge is 2.30. The number of nitrogens with two attached hydrogens (primary N) is 1. The van der Waals surface area contributed by atoms with Crippen LogP contribution in [0.1, 0.15) is 33.6 Å². The molecule has 2 unspecified atom stereocenters. The van der Waals surface area contributed by atoms with Crippen LogP contribution in [0.4, 0.5) is 0 Å². The van der Waals surface area contributed by atoms with E-state index >= 15 is 0 Å². The molecular weight excluding hydrogens is 204 g/mol. The van der Waals surface area contributed by atoms with E-state index in [-0.39, 0.29) is 12.0 Å². The lowest BCUT2D eigenvalue weighted by Crippen LogP contribution is -2.49. The zero-order chi connectivity index (χ0) is 12.3. The third-order valence-electron chi connectivity index (χ3n) is 3.15. The summed E-state index contributed by atoms with van der Waals surface area (Å²) in [4.78, 5) is 13.9. The second-order valence-corrected chi connectivity index (χ2v) is 5.55. The maximum Gasteiger partial charge on any atom is 0.224 e. The zero-order valence-electron chi connectivity index (χ0n) is 10.8. The van der Waals surface area contributed by atoms with E-state index in [4.69, 9.17) is 10.5 Å². The molecule has 2 N–H and O–H groups in total. The van der Waals surface area contributed by atoms with Crippen LogP contribution in [0, 0.1) is 5.92 Å². The van der Waals surface area contributed by atoms with Gasteiger partial charge in [-0.3, -0.25) is 4.79 Å². The summed E-state index contributed by atoms with van der Waals surface area (Å²) in [5.74, 6) is 0.668. The highest BCUT2D eigenvalue weighted by atomic mass is 16.5. The molecule has 94 valence electrons. The van der Waals surface area contributed by atoms with Gasteiger partial charge in [0.15, 0.2) is 0 Å². The molecule has 1 fully saturated rings. The van der Waals surface area contributed by atoms with Crippen LogP contribution >= 0.6 is 0 Å². The Morgan fingerprint density at radius 2 is 2.19 bits per heavy atom. The van der Waals surface area contributed by atoms with E-state index in [0.717, 1.165) is 13.0 Å². The molecule has 16 heavy (non-hydrogen) atoms. The smallest absolute Gasteiger partial charge is 0.224 e. The van der Waals surface area contributed by atoms with Gasteiger partial charge >= 0.3 is 0 Å². The molecule has 1 saturated heterocycles. The predicted molar refractivity (Wildman–Crippen MR) is 64.0 cm³/mol. The number of carbonyl (C=O) groups excluding carboxylic acids is 1. The van der Waals surface area contributed by atoms with Gasteiger partial charge in [0.25, 0.3) is 0 Å². The Hall–Kier alpha value is -0.610. The molecule has 0 aromatic carbocycles. The second kappa shape index (κ2) is 5.15. The number of hydrogen-bond donors (Lipinski definition) is 1. The van der Waals surface area contributed by atoms with E-state index in [1.807, 2.05) is 18.7 Å². The van der Waals surface area contributed by atoms with E-state index in [1.54, 1.807) is 7.11 Å². The van der Waals surface area contributed by atoms with Crippen molar-refractivity contribution in [3.8, 4) is 0 Å². The van der Waals surface area contributed by atoms with E-state index in [0.29, 0.717) is 18.9 Å². The van der Waals surface area contributed by atoms with Gasteiger partial charge in [-0.1, -0.05) is 6.92 Å². The van der Waals surface area contributed by atoms with Gasteiger partial charge in [0, 0.05) is 32.2 Å². The topological polar surface area (TPSA) is 55.6 Å². The first-order valence-corrected chi connectivity index (χ1v) is 5.93. The monoisotopic (exact) mass is 228 g/mol.